The first kappa shape index (κ1) is 22.1. The molecule has 2 aliphatic rings. The largest absolute Gasteiger partial charge is 0.264 e. The predicted molar refractivity (Wildman–Crippen MR) is 149 cm³/mol. The van der Waals surface area contributed by atoms with Crippen molar-refractivity contribution in [2.45, 2.75) is 25.7 Å². The van der Waals surface area contributed by atoms with E-state index in [0.29, 0.717) is 0 Å². The number of hydrogen-bond donors (Lipinski definition) is 0. The fourth-order valence-electron chi connectivity index (χ4n) is 4.73. The molecule has 0 saturated heterocycles. The van der Waals surface area contributed by atoms with Gasteiger partial charge in [-0.2, -0.15) is 0 Å². The van der Waals surface area contributed by atoms with Crippen LogP contribution >= 0.6 is 0 Å². The van der Waals surface area contributed by atoms with Crippen LogP contribution in [-0.2, 0) is 0 Å². The van der Waals surface area contributed by atoms with Crippen molar-refractivity contribution in [1.82, 2.24) is 15.0 Å². The molecule has 2 heterocycles. The van der Waals surface area contributed by atoms with Gasteiger partial charge < -0.3 is 0 Å². The van der Waals surface area contributed by atoms with Crippen molar-refractivity contribution >= 4 is 11.1 Å². The van der Waals surface area contributed by atoms with Gasteiger partial charge in [-0.25, -0.2) is 9.97 Å². The van der Waals surface area contributed by atoms with Gasteiger partial charge in [0.2, 0.25) is 0 Å². The van der Waals surface area contributed by atoms with Gasteiger partial charge in [-0.05, 0) is 77.8 Å². The smallest absolute Gasteiger partial charge is 0.160 e. The Kier molecular flexibility index (Phi) is 6.20. The van der Waals surface area contributed by atoms with E-state index in [9.17, 15) is 0 Å². The topological polar surface area (TPSA) is 38.7 Å². The molecule has 2 aliphatic carbocycles. The van der Waals surface area contributed by atoms with E-state index in [4.69, 9.17) is 9.97 Å². The zero-order valence-electron chi connectivity index (χ0n) is 20.1. The van der Waals surface area contributed by atoms with Crippen molar-refractivity contribution in [2.24, 2.45) is 0 Å². The zero-order valence-corrected chi connectivity index (χ0v) is 20.1. The lowest BCUT2D eigenvalue weighted by Gasteiger charge is -2.13. The van der Waals surface area contributed by atoms with Crippen molar-refractivity contribution < 1.29 is 0 Å². The molecule has 2 aromatic heterocycles. The maximum Gasteiger partial charge on any atom is 0.160 e. The summed E-state index contributed by atoms with van der Waals surface area (Å²) < 4.78 is 0. The van der Waals surface area contributed by atoms with Crippen molar-refractivity contribution in [3.8, 4) is 33.6 Å². The highest BCUT2D eigenvalue weighted by Gasteiger charge is 2.14. The minimum absolute atomic E-state index is 0.757. The maximum absolute atomic E-state index is 5.03. The van der Waals surface area contributed by atoms with Gasteiger partial charge >= 0.3 is 0 Å². The normalized spacial score (nSPS) is 14.9. The number of nitrogens with zero attached hydrogens (tertiary/aromatic N) is 3. The van der Waals surface area contributed by atoms with Crippen molar-refractivity contribution in [3.05, 3.63) is 127 Å². The highest BCUT2D eigenvalue weighted by Crippen LogP contribution is 2.31. The highest BCUT2D eigenvalue weighted by atomic mass is 14.9. The molecule has 0 atom stereocenters. The zero-order chi connectivity index (χ0) is 24.2. The molecule has 0 unspecified atom stereocenters. The van der Waals surface area contributed by atoms with E-state index in [0.717, 1.165) is 70.7 Å². The van der Waals surface area contributed by atoms with E-state index in [1.165, 1.54) is 11.1 Å². The molecule has 36 heavy (non-hydrogen) atoms. The van der Waals surface area contributed by atoms with Gasteiger partial charge in [0.15, 0.2) is 5.82 Å². The van der Waals surface area contributed by atoms with E-state index in [1.807, 2.05) is 12.3 Å². The van der Waals surface area contributed by atoms with Crippen LogP contribution in [0.3, 0.4) is 0 Å². The monoisotopic (exact) mass is 465 g/mol. The molecule has 0 fully saturated rings. The van der Waals surface area contributed by atoms with Crippen LogP contribution in [0.1, 0.15) is 37.1 Å². The summed E-state index contributed by atoms with van der Waals surface area (Å²) in [5.74, 6) is 0.757. The summed E-state index contributed by atoms with van der Waals surface area (Å²) >= 11 is 0. The molecule has 0 bridgehead atoms. The van der Waals surface area contributed by atoms with Crippen LogP contribution in [0.15, 0.2) is 116 Å². The lowest BCUT2D eigenvalue weighted by atomic mass is 9.98. The van der Waals surface area contributed by atoms with Gasteiger partial charge in [0.05, 0.1) is 11.4 Å². The number of aromatic nitrogens is 3. The molecule has 174 valence electrons. The Morgan fingerprint density at radius 3 is 1.64 bits per heavy atom. The van der Waals surface area contributed by atoms with Gasteiger partial charge in [-0.1, -0.05) is 78.9 Å². The third-order valence-electron chi connectivity index (χ3n) is 6.62. The van der Waals surface area contributed by atoms with Gasteiger partial charge in [0.25, 0.3) is 0 Å². The Morgan fingerprint density at radius 2 is 1.08 bits per heavy atom. The molecule has 4 aromatic rings. The molecule has 0 amide bonds. The summed E-state index contributed by atoms with van der Waals surface area (Å²) in [4.78, 5) is 14.3. The molecule has 0 spiro atoms. The molecule has 2 aromatic carbocycles. The molecule has 3 nitrogen and oxygen atoms in total. The fraction of sp³-hybridized carbons (Fsp3) is 0.121. The molecule has 6 rings (SSSR count). The number of rotatable bonds is 5. The van der Waals surface area contributed by atoms with Crippen LogP contribution in [0.25, 0.3) is 44.8 Å². The molecule has 0 aliphatic heterocycles. The Hall–Kier alpha value is -4.37. The summed E-state index contributed by atoms with van der Waals surface area (Å²) in [5, 5.41) is 0. The van der Waals surface area contributed by atoms with Crippen molar-refractivity contribution in [2.75, 3.05) is 0 Å². The first-order valence-electron chi connectivity index (χ1n) is 12.6. The standard InChI is InChI=1S/C33H27N3/c1-3-10-24(11-4-1)31-22-32(25-12-5-2-6-13-25)36-33(35-31)29-17-8-15-27(21-29)26-14-7-16-28(20-26)30-18-9-19-34-23-30/h3,5,7-23H,1-2,4,6H2. The molecule has 0 saturated carbocycles. The van der Waals surface area contributed by atoms with Crippen LogP contribution in [0.4, 0.5) is 0 Å². The van der Waals surface area contributed by atoms with Crippen LogP contribution < -0.4 is 0 Å². The molecule has 3 heteroatoms. The number of hydrogen-bond acceptors (Lipinski definition) is 3. The van der Waals surface area contributed by atoms with Gasteiger partial charge in [0.1, 0.15) is 0 Å². The van der Waals surface area contributed by atoms with Crippen molar-refractivity contribution in [1.29, 1.82) is 0 Å². The van der Waals surface area contributed by atoms with Crippen LogP contribution in [0.5, 0.6) is 0 Å². The predicted octanol–water partition coefficient (Wildman–Crippen LogP) is 8.34. The first-order chi connectivity index (χ1) is 17.8. The second-order valence-electron chi connectivity index (χ2n) is 9.14. The highest BCUT2D eigenvalue weighted by molar-refractivity contribution is 5.80. The Bertz CT molecular complexity index is 1470. The fourth-order valence-corrected chi connectivity index (χ4v) is 4.73. The third kappa shape index (κ3) is 4.73. The quantitative estimate of drug-likeness (QED) is 0.297. The molecule has 0 N–H and O–H groups in total. The van der Waals surface area contributed by atoms with Crippen LogP contribution in [-0.4, -0.2) is 15.0 Å². The summed E-state index contributed by atoms with van der Waals surface area (Å²) in [6.07, 6.45) is 21.4. The molecular weight excluding hydrogens is 438 g/mol. The number of benzene rings is 2. The van der Waals surface area contributed by atoms with Crippen LogP contribution in [0, 0.1) is 0 Å². The SMILES string of the molecule is C1=CC(c2cc(C3=CCCC=C3)nc(-c3cccc(-c4cccc(-c5cccnc5)c4)c3)n2)=CCC1. The summed E-state index contributed by atoms with van der Waals surface area (Å²) in [6, 6.07) is 23.3. The Labute approximate surface area is 212 Å². The Balaban J connectivity index is 1.42. The average Bonchev–Trinajstić information content (AvgIpc) is 2.98. The second-order valence-corrected chi connectivity index (χ2v) is 9.14. The van der Waals surface area contributed by atoms with E-state index in [-0.39, 0.29) is 0 Å². The van der Waals surface area contributed by atoms with Gasteiger partial charge in [-0.15, -0.1) is 0 Å². The van der Waals surface area contributed by atoms with Crippen molar-refractivity contribution in [3.63, 3.8) is 0 Å². The van der Waals surface area contributed by atoms with E-state index < -0.39 is 0 Å². The minimum Gasteiger partial charge on any atom is -0.264 e. The number of allylic oxidation sites excluding steroid dienone is 8. The second kappa shape index (κ2) is 10.1. The number of pyridine rings is 1. The molecular formula is C33H27N3. The Morgan fingerprint density at radius 1 is 0.528 bits per heavy atom. The van der Waals surface area contributed by atoms with E-state index in [1.54, 1.807) is 6.20 Å². The maximum atomic E-state index is 5.03. The molecule has 0 radical (unpaired) electrons. The van der Waals surface area contributed by atoms with E-state index >= 15 is 0 Å². The summed E-state index contributed by atoms with van der Waals surface area (Å²) in [5.41, 5.74) is 9.89. The summed E-state index contributed by atoms with van der Waals surface area (Å²) in [7, 11) is 0. The lowest BCUT2D eigenvalue weighted by molar-refractivity contribution is 1.03. The van der Waals surface area contributed by atoms with E-state index in [2.05, 4.69) is 102 Å². The van der Waals surface area contributed by atoms with Gasteiger partial charge in [0, 0.05) is 23.5 Å². The average molecular weight is 466 g/mol. The van der Waals surface area contributed by atoms with Crippen LogP contribution in [0.2, 0.25) is 0 Å². The third-order valence-corrected chi connectivity index (χ3v) is 6.62. The lowest BCUT2D eigenvalue weighted by Crippen LogP contribution is -2.01. The minimum atomic E-state index is 0.757. The summed E-state index contributed by atoms with van der Waals surface area (Å²) in [6.45, 7) is 0. The first-order valence-corrected chi connectivity index (χ1v) is 12.6. The van der Waals surface area contributed by atoms with Gasteiger partial charge in [-0.3, -0.25) is 4.98 Å².